The molecule has 0 N–H and O–H groups in total. The van der Waals surface area contributed by atoms with Gasteiger partial charge in [-0.1, -0.05) is 17.3 Å². The Labute approximate surface area is 148 Å². The van der Waals surface area contributed by atoms with Gasteiger partial charge in [-0.3, -0.25) is 4.79 Å². The van der Waals surface area contributed by atoms with E-state index in [0.717, 1.165) is 29.8 Å². The highest BCUT2D eigenvalue weighted by Crippen LogP contribution is 2.31. The molecule has 0 atom stereocenters. The molecule has 130 valence electrons. The monoisotopic (exact) mass is 348 g/mol. The molecule has 0 bridgehead atoms. The van der Waals surface area contributed by atoms with Crippen LogP contribution in [0.4, 0.5) is 0 Å². The molecule has 0 spiro atoms. The van der Waals surface area contributed by atoms with Crippen LogP contribution in [0.15, 0.2) is 51.5 Å². The molecule has 1 amide bonds. The quantitative estimate of drug-likeness (QED) is 0.552. The number of likely N-dealkylation sites (tertiary alicyclic amines) is 1. The summed E-state index contributed by atoms with van der Waals surface area (Å²) in [6, 6.07) is 11.3. The minimum Gasteiger partial charge on any atom is -0.440 e. The molecule has 7 nitrogen and oxygen atoms in total. The third kappa shape index (κ3) is 2.44. The van der Waals surface area contributed by atoms with Gasteiger partial charge in [0.1, 0.15) is 5.52 Å². The van der Waals surface area contributed by atoms with Crippen LogP contribution in [0, 0.1) is 0 Å². The van der Waals surface area contributed by atoms with Crippen LogP contribution in [0.2, 0.25) is 0 Å². The summed E-state index contributed by atoms with van der Waals surface area (Å²) in [7, 11) is 0. The lowest BCUT2D eigenvalue weighted by Gasteiger charge is -2.29. The lowest BCUT2D eigenvalue weighted by molar-refractivity contribution is 0.0667. The Bertz CT molecular complexity index is 1060. The molecule has 4 aromatic rings. The number of aromatic nitrogens is 3. The van der Waals surface area contributed by atoms with E-state index in [2.05, 4.69) is 15.1 Å². The summed E-state index contributed by atoms with van der Waals surface area (Å²) in [5.74, 6) is 1.09. The molecule has 1 saturated heterocycles. The highest BCUT2D eigenvalue weighted by atomic mass is 16.5. The van der Waals surface area contributed by atoms with Gasteiger partial charge in [-0.2, -0.15) is 0 Å². The third-order valence-corrected chi connectivity index (χ3v) is 4.89. The first-order valence-corrected chi connectivity index (χ1v) is 8.65. The normalized spacial score (nSPS) is 15.8. The highest BCUT2D eigenvalue weighted by Gasteiger charge is 2.30. The minimum absolute atomic E-state index is 0.142. The van der Waals surface area contributed by atoms with Gasteiger partial charge in [0.05, 0.1) is 5.39 Å². The molecule has 1 aliphatic rings. The fraction of sp³-hybridized carbons (Fsp3) is 0.263. The van der Waals surface area contributed by atoms with Gasteiger partial charge in [0.15, 0.2) is 11.5 Å². The molecular formula is C19H16N4O3. The number of oxazole rings is 1. The van der Waals surface area contributed by atoms with Crippen LogP contribution in [-0.4, -0.2) is 39.0 Å². The lowest BCUT2D eigenvalue weighted by atomic mass is 9.96. The van der Waals surface area contributed by atoms with E-state index in [1.54, 1.807) is 23.2 Å². The second kappa shape index (κ2) is 5.94. The van der Waals surface area contributed by atoms with E-state index in [4.69, 9.17) is 8.94 Å². The predicted octanol–water partition coefficient (Wildman–Crippen LogP) is 3.38. The molecule has 0 saturated carbocycles. The average molecular weight is 348 g/mol. The zero-order chi connectivity index (χ0) is 17.5. The van der Waals surface area contributed by atoms with Gasteiger partial charge in [-0.15, -0.1) is 0 Å². The first-order valence-electron chi connectivity index (χ1n) is 8.65. The number of pyridine rings is 1. The Kier molecular flexibility index (Phi) is 3.44. The van der Waals surface area contributed by atoms with E-state index in [-0.39, 0.29) is 17.6 Å². The Morgan fingerprint density at radius 2 is 1.96 bits per heavy atom. The summed E-state index contributed by atoms with van der Waals surface area (Å²) < 4.78 is 11.1. The van der Waals surface area contributed by atoms with Crippen LogP contribution in [0.1, 0.15) is 35.2 Å². The molecule has 7 heteroatoms. The number of amides is 1. The molecule has 26 heavy (non-hydrogen) atoms. The Morgan fingerprint density at radius 3 is 2.81 bits per heavy atom. The molecule has 0 aliphatic carbocycles. The Morgan fingerprint density at radius 1 is 1.12 bits per heavy atom. The van der Waals surface area contributed by atoms with E-state index in [0.29, 0.717) is 24.1 Å². The highest BCUT2D eigenvalue weighted by molar-refractivity contribution is 6.02. The van der Waals surface area contributed by atoms with Crippen molar-refractivity contribution in [1.82, 2.24) is 20.0 Å². The fourth-order valence-electron chi connectivity index (χ4n) is 3.48. The van der Waals surface area contributed by atoms with Gasteiger partial charge in [-0.05, 0) is 37.1 Å². The summed E-state index contributed by atoms with van der Waals surface area (Å²) in [6.07, 6.45) is 3.25. The summed E-state index contributed by atoms with van der Waals surface area (Å²) in [6.45, 7) is 1.26. The minimum atomic E-state index is -0.142. The maximum atomic E-state index is 12.8. The van der Waals surface area contributed by atoms with Gasteiger partial charge in [0, 0.05) is 25.2 Å². The van der Waals surface area contributed by atoms with Crippen LogP contribution in [0.5, 0.6) is 0 Å². The van der Waals surface area contributed by atoms with Crippen LogP contribution in [0.25, 0.3) is 22.1 Å². The number of carbonyl (C=O) groups excluding carboxylic acids is 1. The van der Waals surface area contributed by atoms with Crippen molar-refractivity contribution in [2.45, 2.75) is 18.8 Å². The molecule has 3 aromatic heterocycles. The van der Waals surface area contributed by atoms with E-state index in [1.807, 2.05) is 24.3 Å². The first kappa shape index (κ1) is 15.1. The van der Waals surface area contributed by atoms with Crippen molar-refractivity contribution in [2.24, 2.45) is 0 Å². The van der Waals surface area contributed by atoms with E-state index in [9.17, 15) is 4.79 Å². The van der Waals surface area contributed by atoms with Crippen LogP contribution in [0.3, 0.4) is 0 Å². The number of para-hydroxylation sites is 2. The van der Waals surface area contributed by atoms with Gasteiger partial charge < -0.3 is 13.8 Å². The third-order valence-electron chi connectivity index (χ3n) is 4.89. The SMILES string of the molecule is O=C(c1onc2ncccc12)N1CCC(c2nc3ccccc3o2)CC1. The molecular weight excluding hydrogens is 332 g/mol. The van der Waals surface area contributed by atoms with Crippen molar-refractivity contribution in [1.29, 1.82) is 0 Å². The predicted molar refractivity (Wildman–Crippen MR) is 93.7 cm³/mol. The zero-order valence-corrected chi connectivity index (χ0v) is 14.0. The topological polar surface area (TPSA) is 85.3 Å². The number of hydrogen-bond acceptors (Lipinski definition) is 6. The number of hydrogen-bond donors (Lipinski definition) is 0. The van der Waals surface area contributed by atoms with Crippen molar-refractivity contribution >= 4 is 28.0 Å². The summed E-state index contributed by atoms with van der Waals surface area (Å²) in [4.78, 5) is 23.3. The fourth-order valence-corrected chi connectivity index (χ4v) is 3.48. The number of benzene rings is 1. The number of rotatable bonds is 2. The Balaban J connectivity index is 1.33. The van der Waals surface area contributed by atoms with Crippen molar-refractivity contribution in [3.05, 3.63) is 54.2 Å². The summed E-state index contributed by atoms with van der Waals surface area (Å²) >= 11 is 0. The maximum Gasteiger partial charge on any atom is 0.293 e. The van der Waals surface area contributed by atoms with Crippen molar-refractivity contribution in [3.8, 4) is 0 Å². The van der Waals surface area contributed by atoms with Crippen LogP contribution in [-0.2, 0) is 0 Å². The maximum absolute atomic E-state index is 12.8. The van der Waals surface area contributed by atoms with E-state index in [1.165, 1.54) is 0 Å². The molecule has 1 aliphatic heterocycles. The summed E-state index contributed by atoms with van der Waals surface area (Å²) in [5, 5.41) is 4.51. The first-order chi connectivity index (χ1) is 12.8. The second-order valence-electron chi connectivity index (χ2n) is 6.47. The summed E-state index contributed by atoms with van der Waals surface area (Å²) in [5.41, 5.74) is 2.14. The van der Waals surface area contributed by atoms with Crippen LogP contribution < -0.4 is 0 Å². The van der Waals surface area contributed by atoms with E-state index < -0.39 is 0 Å². The smallest absolute Gasteiger partial charge is 0.293 e. The standard InChI is InChI=1S/C19H16N4O3/c24-19(16-13-4-3-9-20-17(13)22-26-16)23-10-7-12(8-11-23)18-21-14-5-1-2-6-15(14)25-18/h1-6,9,12H,7-8,10-11H2. The zero-order valence-electron chi connectivity index (χ0n) is 14.0. The number of piperidine rings is 1. The molecule has 0 radical (unpaired) electrons. The molecule has 1 fully saturated rings. The van der Waals surface area contributed by atoms with Gasteiger partial charge >= 0.3 is 0 Å². The van der Waals surface area contributed by atoms with Gasteiger partial charge in [0.2, 0.25) is 11.4 Å². The van der Waals surface area contributed by atoms with Crippen LogP contribution >= 0.6 is 0 Å². The number of nitrogens with zero attached hydrogens (tertiary/aromatic N) is 4. The number of fused-ring (bicyclic) bond motifs is 2. The molecule has 5 rings (SSSR count). The largest absolute Gasteiger partial charge is 0.440 e. The molecule has 4 heterocycles. The molecule has 1 aromatic carbocycles. The van der Waals surface area contributed by atoms with Crippen molar-refractivity contribution in [2.75, 3.05) is 13.1 Å². The molecule has 0 unspecified atom stereocenters. The van der Waals surface area contributed by atoms with Gasteiger partial charge in [0.25, 0.3) is 5.91 Å². The average Bonchev–Trinajstić information content (AvgIpc) is 3.32. The van der Waals surface area contributed by atoms with Crippen molar-refractivity contribution < 1.29 is 13.7 Å². The second-order valence-corrected chi connectivity index (χ2v) is 6.47. The lowest BCUT2D eigenvalue weighted by Crippen LogP contribution is -2.37. The van der Waals surface area contributed by atoms with Crippen molar-refractivity contribution in [3.63, 3.8) is 0 Å². The number of carbonyl (C=O) groups is 1. The van der Waals surface area contributed by atoms with Gasteiger partial charge in [-0.25, -0.2) is 9.97 Å². The Hall–Kier alpha value is -3.22. The van der Waals surface area contributed by atoms with E-state index >= 15 is 0 Å².